The summed E-state index contributed by atoms with van der Waals surface area (Å²) in [7, 11) is 0. The fraction of sp³-hybridized carbons (Fsp3) is 0.529. The van der Waals surface area contributed by atoms with Gasteiger partial charge in [-0.3, -0.25) is 4.79 Å². The number of nitrogens with zero attached hydrogens (tertiary/aromatic N) is 1. The van der Waals surface area contributed by atoms with Crippen molar-refractivity contribution < 1.29 is 9.21 Å². The number of hydrogen-bond donors (Lipinski definition) is 2. The molecule has 3 rings (SSSR count). The highest BCUT2D eigenvalue weighted by Crippen LogP contribution is 2.24. The number of piperidine rings is 1. The largest absolute Gasteiger partial charge is 0.441 e. The van der Waals surface area contributed by atoms with Gasteiger partial charge in [0.05, 0.1) is 0 Å². The number of oxazole rings is 1. The van der Waals surface area contributed by atoms with Gasteiger partial charge in [-0.15, -0.1) is 0 Å². The van der Waals surface area contributed by atoms with Crippen LogP contribution in [0, 0.1) is 18.8 Å². The number of nitrogens with one attached hydrogen (secondary N) is 2. The lowest BCUT2D eigenvalue weighted by molar-refractivity contribution is -0.117. The van der Waals surface area contributed by atoms with Crippen LogP contribution in [0.25, 0.3) is 11.1 Å². The van der Waals surface area contributed by atoms with Crippen LogP contribution in [-0.4, -0.2) is 24.0 Å². The number of anilines is 1. The van der Waals surface area contributed by atoms with Gasteiger partial charge in [-0.25, -0.2) is 4.98 Å². The first kappa shape index (κ1) is 15.0. The molecule has 2 atom stereocenters. The van der Waals surface area contributed by atoms with E-state index in [1.165, 1.54) is 12.8 Å². The third kappa shape index (κ3) is 3.47. The van der Waals surface area contributed by atoms with E-state index in [1.54, 1.807) is 0 Å². The zero-order chi connectivity index (χ0) is 15.5. The number of carbonyl (C=O) groups is 1. The summed E-state index contributed by atoms with van der Waals surface area (Å²) in [6.45, 7) is 6.11. The van der Waals surface area contributed by atoms with E-state index >= 15 is 0 Å². The predicted octanol–water partition coefficient (Wildman–Crippen LogP) is 3.10. The van der Waals surface area contributed by atoms with Crippen molar-refractivity contribution in [3.05, 3.63) is 24.1 Å². The van der Waals surface area contributed by atoms with Crippen molar-refractivity contribution in [2.75, 3.05) is 18.4 Å². The number of hydrogen-bond acceptors (Lipinski definition) is 4. The quantitative estimate of drug-likeness (QED) is 0.910. The third-order valence-electron chi connectivity index (χ3n) is 4.43. The van der Waals surface area contributed by atoms with Crippen LogP contribution < -0.4 is 10.6 Å². The number of aromatic nitrogens is 1. The Hall–Kier alpha value is -1.88. The molecule has 0 spiro atoms. The number of carbonyl (C=O) groups excluding carboxylic acids is 1. The van der Waals surface area contributed by atoms with Crippen molar-refractivity contribution in [3.63, 3.8) is 0 Å². The number of benzene rings is 1. The second-order valence-corrected chi connectivity index (χ2v) is 6.25. The van der Waals surface area contributed by atoms with Crippen molar-refractivity contribution in [3.8, 4) is 0 Å². The molecule has 2 N–H and O–H groups in total. The van der Waals surface area contributed by atoms with E-state index in [4.69, 9.17) is 4.42 Å². The number of aryl methyl sites for hydroxylation is 1. The first-order valence-electron chi connectivity index (χ1n) is 7.99. The Balaban J connectivity index is 1.59. The van der Waals surface area contributed by atoms with Gasteiger partial charge in [-0.2, -0.15) is 0 Å². The molecule has 1 saturated heterocycles. The molecule has 22 heavy (non-hydrogen) atoms. The van der Waals surface area contributed by atoms with Crippen molar-refractivity contribution in [1.82, 2.24) is 10.3 Å². The first-order valence-corrected chi connectivity index (χ1v) is 7.99. The van der Waals surface area contributed by atoms with Gasteiger partial charge in [0.1, 0.15) is 5.52 Å². The summed E-state index contributed by atoms with van der Waals surface area (Å²) >= 11 is 0. The number of rotatable bonds is 4. The van der Waals surface area contributed by atoms with Crippen LogP contribution in [0.15, 0.2) is 22.6 Å². The van der Waals surface area contributed by atoms with E-state index in [-0.39, 0.29) is 5.91 Å². The molecule has 1 aliphatic rings. The molecule has 2 aromatic rings. The smallest absolute Gasteiger partial charge is 0.224 e. The minimum atomic E-state index is 0.0636. The molecule has 0 radical (unpaired) electrons. The minimum Gasteiger partial charge on any atom is -0.441 e. The zero-order valence-corrected chi connectivity index (χ0v) is 13.2. The Labute approximate surface area is 130 Å². The van der Waals surface area contributed by atoms with Gasteiger partial charge in [0.25, 0.3) is 0 Å². The van der Waals surface area contributed by atoms with Gasteiger partial charge in [0.2, 0.25) is 5.91 Å². The van der Waals surface area contributed by atoms with Crippen LogP contribution in [0.5, 0.6) is 0 Å². The van der Waals surface area contributed by atoms with E-state index in [0.717, 1.165) is 24.3 Å². The minimum absolute atomic E-state index is 0.0636. The van der Waals surface area contributed by atoms with Gasteiger partial charge in [-0.05, 0) is 49.9 Å². The Bertz CT molecular complexity index is 659. The van der Waals surface area contributed by atoms with Gasteiger partial charge < -0.3 is 15.1 Å². The summed E-state index contributed by atoms with van der Waals surface area (Å²) in [6, 6.07) is 5.57. The molecule has 0 saturated carbocycles. The van der Waals surface area contributed by atoms with Gasteiger partial charge >= 0.3 is 0 Å². The van der Waals surface area contributed by atoms with Gasteiger partial charge in [0, 0.05) is 25.1 Å². The Morgan fingerprint density at radius 3 is 3.18 bits per heavy atom. The van der Waals surface area contributed by atoms with Crippen LogP contribution in [0.4, 0.5) is 5.69 Å². The summed E-state index contributed by atoms with van der Waals surface area (Å²) in [5, 5.41) is 6.38. The van der Waals surface area contributed by atoms with Crippen LogP contribution in [-0.2, 0) is 4.79 Å². The van der Waals surface area contributed by atoms with Crippen molar-refractivity contribution in [2.24, 2.45) is 11.8 Å². The Morgan fingerprint density at radius 2 is 2.41 bits per heavy atom. The normalized spacial score (nSPS) is 20.0. The molecule has 0 aliphatic carbocycles. The summed E-state index contributed by atoms with van der Waals surface area (Å²) in [4.78, 5) is 16.5. The molecule has 1 amide bonds. The van der Waals surface area contributed by atoms with Crippen LogP contribution in [0.1, 0.15) is 32.1 Å². The Kier molecular flexibility index (Phi) is 4.43. The maximum absolute atomic E-state index is 12.2. The van der Waals surface area contributed by atoms with E-state index < -0.39 is 0 Å². The summed E-state index contributed by atoms with van der Waals surface area (Å²) < 4.78 is 5.50. The summed E-state index contributed by atoms with van der Waals surface area (Å²) in [5.74, 6) is 1.69. The van der Waals surface area contributed by atoms with E-state index in [2.05, 4.69) is 22.5 Å². The second-order valence-electron chi connectivity index (χ2n) is 6.25. The van der Waals surface area contributed by atoms with Crippen LogP contribution in [0.3, 0.4) is 0 Å². The van der Waals surface area contributed by atoms with Crippen molar-refractivity contribution in [1.29, 1.82) is 0 Å². The third-order valence-corrected chi connectivity index (χ3v) is 4.43. The lowest BCUT2D eigenvalue weighted by Crippen LogP contribution is -2.34. The number of fused-ring (bicyclic) bond motifs is 1. The topological polar surface area (TPSA) is 67.2 Å². The maximum atomic E-state index is 12.2. The van der Waals surface area contributed by atoms with E-state index in [9.17, 15) is 4.79 Å². The summed E-state index contributed by atoms with van der Waals surface area (Å²) in [6.07, 6.45) is 2.97. The molecule has 1 aliphatic heterocycles. The summed E-state index contributed by atoms with van der Waals surface area (Å²) in [5.41, 5.74) is 2.29. The molecular weight excluding hydrogens is 278 g/mol. The van der Waals surface area contributed by atoms with E-state index in [0.29, 0.717) is 29.7 Å². The van der Waals surface area contributed by atoms with Gasteiger partial charge in [0.15, 0.2) is 11.5 Å². The average molecular weight is 301 g/mol. The molecule has 0 bridgehead atoms. The molecule has 1 aromatic carbocycles. The molecule has 1 aromatic heterocycles. The molecular formula is C17H23N3O2. The van der Waals surface area contributed by atoms with Crippen LogP contribution in [0.2, 0.25) is 0 Å². The molecule has 2 unspecified atom stereocenters. The SMILES string of the molecule is Cc1nc2ccc(NC(=O)CC(C)C3CCCNC3)cc2o1. The highest BCUT2D eigenvalue weighted by Gasteiger charge is 2.22. The maximum Gasteiger partial charge on any atom is 0.224 e. The number of amides is 1. The fourth-order valence-electron chi connectivity index (χ4n) is 3.15. The standard InChI is InChI=1S/C17H23N3O2/c1-11(13-4-3-7-18-10-13)8-17(21)20-14-5-6-15-16(9-14)22-12(2)19-15/h5-6,9,11,13,18H,3-4,7-8,10H2,1-2H3,(H,20,21). The van der Waals surface area contributed by atoms with Crippen molar-refractivity contribution >= 4 is 22.7 Å². The van der Waals surface area contributed by atoms with Gasteiger partial charge in [-0.1, -0.05) is 6.92 Å². The first-order chi connectivity index (χ1) is 10.6. The van der Waals surface area contributed by atoms with Crippen LogP contribution >= 0.6 is 0 Å². The molecule has 118 valence electrons. The lowest BCUT2D eigenvalue weighted by Gasteiger charge is -2.28. The Morgan fingerprint density at radius 1 is 1.55 bits per heavy atom. The highest BCUT2D eigenvalue weighted by atomic mass is 16.3. The average Bonchev–Trinajstić information content (AvgIpc) is 2.87. The van der Waals surface area contributed by atoms with E-state index in [1.807, 2.05) is 25.1 Å². The molecule has 5 heteroatoms. The second kappa shape index (κ2) is 6.48. The molecule has 1 fully saturated rings. The fourth-order valence-corrected chi connectivity index (χ4v) is 3.15. The lowest BCUT2D eigenvalue weighted by atomic mass is 9.85. The van der Waals surface area contributed by atoms with Crippen molar-refractivity contribution in [2.45, 2.75) is 33.1 Å². The molecule has 2 heterocycles. The zero-order valence-electron chi connectivity index (χ0n) is 13.2. The molecule has 5 nitrogen and oxygen atoms in total. The monoisotopic (exact) mass is 301 g/mol. The highest BCUT2D eigenvalue weighted by molar-refractivity contribution is 5.92. The predicted molar refractivity (Wildman–Crippen MR) is 86.8 cm³/mol.